The monoisotopic (exact) mass is 323 g/mol. The lowest BCUT2D eigenvalue weighted by atomic mass is 10.2. The van der Waals surface area contributed by atoms with Crippen LogP contribution in [0.5, 0.6) is 0 Å². The van der Waals surface area contributed by atoms with Crippen LogP contribution in [0, 0.1) is 6.92 Å². The predicted molar refractivity (Wildman–Crippen MR) is 95.5 cm³/mol. The quantitative estimate of drug-likeness (QED) is 0.716. The molecule has 0 saturated heterocycles. The summed E-state index contributed by atoms with van der Waals surface area (Å²) in [6.45, 7) is 2.00. The summed E-state index contributed by atoms with van der Waals surface area (Å²) in [6, 6.07) is 15.3. The van der Waals surface area contributed by atoms with Crippen molar-refractivity contribution in [2.45, 2.75) is 13.3 Å². The smallest absolute Gasteiger partial charge is 0.230 e. The van der Waals surface area contributed by atoms with E-state index in [1.54, 1.807) is 0 Å². The molecule has 3 N–H and O–H groups in total. The Morgan fingerprint density at radius 3 is 2.74 bits per heavy atom. The SMILES string of the molecule is Cc1cccc(NC(=O)Cc2csc(-c3ccc(N)cc3)n2)c1. The Bertz CT molecular complexity index is 824. The summed E-state index contributed by atoms with van der Waals surface area (Å²) in [4.78, 5) is 16.6. The van der Waals surface area contributed by atoms with Gasteiger partial charge in [-0.25, -0.2) is 4.98 Å². The molecule has 0 aliphatic carbocycles. The van der Waals surface area contributed by atoms with Crippen LogP contribution >= 0.6 is 11.3 Å². The molecule has 116 valence electrons. The topological polar surface area (TPSA) is 68.0 Å². The van der Waals surface area contributed by atoms with Crippen molar-refractivity contribution in [3.63, 3.8) is 0 Å². The van der Waals surface area contributed by atoms with Gasteiger partial charge in [0.25, 0.3) is 0 Å². The fourth-order valence-electron chi connectivity index (χ4n) is 2.24. The van der Waals surface area contributed by atoms with Crippen molar-refractivity contribution in [1.29, 1.82) is 0 Å². The van der Waals surface area contributed by atoms with E-state index in [0.717, 1.165) is 33.2 Å². The zero-order valence-electron chi connectivity index (χ0n) is 12.7. The number of benzene rings is 2. The van der Waals surface area contributed by atoms with Gasteiger partial charge in [-0.3, -0.25) is 4.79 Å². The van der Waals surface area contributed by atoms with Gasteiger partial charge in [0.1, 0.15) is 5.01 Å². The van der Waals surface area contributed by atoms with E-state index in [4.69, 9.17) is 5.73 Å². The number of anilines is 2. The van der Waals surface area contributed by atoms with Crippen LogP contribution in [-0.2, 0) is 11.2 Å². The Hall–Kier alpha value is -2.66. The van der Waals surface area contributed by atoms with Crippen molar-refractivity contribution >= 4 is 28.6 Å². The van der Waals surface area contributed by atoms with Crippen molar-refractivity contribution in [2.24, 2.45) is 0 Å². The predicted octanol–water partition coefficient (Wildman–Crippen LogP) is 3.88. The minimum Gasteiger partial charge on any atom is -0.399 e. The number of aromatic nitrogens is 1. The first-order chi connectivity index (χ1) is 11.1. The number of nitrogens with one attached hydrogen (secondary N) is 1. The molecule has 1 heterocycles. The normalized spacial score (nSPS) is 10.5. The van der Waals surface area contributed by atoms with Gasteiger partial charge in [0.2, 0.25) is 5.91 Å². The van der Waals surface area contributed by atoms with Crippen LogP contribution in [-0.4, -0.2) is 10.9 Å². The van der Waals surface area contributed by atoms with E-state index < -0.39 is 0 Å². The molecule has 0 saturated carbocycles. The first-order valence-electron chi connectivity index (χ1n) is 7.27. The maximum absolute atomic E-state index is 12.1. The fourth-order valence-corrected chi connectivity index (χ4v) is 3.06. The molecule has 3 rings (SSSR count). The highest BCUT2D eigenvalue weighted by molar-refractivity contribution is 7.13. The fraction of sp³-hybridized carbons (Fsp3) is 0.111. The Kier molecular flexibility index (Phi) is 4.39. The van der Waals surface area contributed by atoms with Gasteiger partial charge < -0.3 is 11.1 Å². The molecule has 0 atom stereocenters. The third kappa shape index (κ3) is 3.96. The van der Waals surface area contributed by atoms with Gasteiger partial charge in [-0.15, -0.1) is 11.3 Å². The van der Waals surface area contributed by atoms with Crippen LogP contribution in [0.2, 0.25) is 0 Å². The number of amides is 1. The summed E-state index contributed by atoms with van der Waals surface area (Å²) >= 11 is 1.53. The number of nitrogens with zero attached hydrogens (tertiary/aromatic N) is 1. The molecule has 0 fully saturated rings. The summed E-state index contributed by atoms with van der Waals surface area (Å²) in [5.41, 5.74) is 10.1. The van der Waals surface area contributed by atoms with E-state index in [-0.39, 0.29) is 12.3 Å². The van der Waals surface area contributed by atoms with Crippen molar-refractivity contribution in [2.75, 3.05) is 11.1 Å². The molecule has 5 heteroatoms. The van der Waals surface area contributed by atoms with E-state index >= 15 is 0 Å². The van der Waals surface area contributed by atoms with Crippen molar-refractivity contribution < 1.29 is 4.79 Å². The molecular formula is C18H17N3OS. The molecule has 0 bridgehead atoms. The van der Waals surface area contributed by atoms with Gasteiger partial charge in [-0.1, -0.05) is 12.1 Å². The molecule has 3 aromatic rings. The lowest BCUT2D eigenvalue weighted by Crippen LogP contribution is -2.14. The molecule has 0 radical (unpaired) electrons. The Morgan fingerprint density at radius 2 is 2.00 bits per heavy atom. The number of aryl methyl sites for hydroxylation is 1. The van der Waals surface area contributed by atoms with Crippen molar-refractivity contribution in [3.8, 4) is 10.6 Å². The summed E-state index contributed by atoms with van der Waals surface area (Å²) in [5, 5.41) is 5.71. The first-order valence-corrected chi connectivity index (χ1v) is 8.15. The standard InChI is InChI=1S/C18H17N3OS/c1-12-3-2-4-15(9-12)20-17(22)10-16-11-23-18(21-16)13-5-7-14(19)8-6-13/h2-9,11H,10,19H2,1H3,(H,20,22). The van der Waals surface area contributed by atoms with E-state index in [1.807, 2.05) is 60.8 Å². The van der Waals surface area contributed by atoms with Crippen LogP contribution in [0.3, 0.4) is 0 Å². The molecule has 2 aromatic carbocycles. The maximum Gasteiger partial charge on any atom is 0.230 e. The van der Waals surface area contributed by atoms with Gasteiger partial charge in [0.15, 0.2) is 0 Å². The van der Waals surface area contributed by atoms with Gasteiger partial charge in [0.05, 0.1) is 12.1 Å². The van der Waals surface area contributed by atoms with Crippen LogP contribution < -0.4 is 11.1 Å². The number of rotatable bonds is 4. The molecule has 0 aliphatic heterocycles. The number of nitrogens with two attached hydrogens (primary N) is 1. The van der Waals surface area contributed by atoms with Crippen molar-refractivity contribution in [1.82, 2.24) is 4.98 Å². The summed E-state index contributed by atoms with van der Waals surface area (Å²) in [7, 11) is 0. The highest BCUT2D eigenvalue weighted by atomic mass is 32.1. The summed E-state index contributed by atoms with van der Waals surface area (Å²) < 4.78 is 0. The van der Waals surface area contributed by atoms with E-state index in [0.29, 0.717) is 0 Å². The lowest BCUT2D eigenvalue weighted by Gasteiger charge is -2.04. The Balaban J connectivity index is 1.66. The number of hydrogen-bond acceptors (Lipinski definition) is 4. The van der Waals surface area contributed by atoms with Crippen molar-refractivity contribution in [3.05, 3.63) is 65.2 Å². The van der Waals surface area contributed by atoms with Crippen LogP contribution in [0.1, 0.15) is 11.3 Å². The second kappa shape index (κ2) is 6.62. The second-order valence-corrected chi connectivity index (χ2v) is 6.22. The third-order valence-corrected chi connectivity index (χ3v) is 4.29. The Labute approximate surface area is 139 Å². The minimum absolute atomic E-state index is 0.0650. The van der Waals surface area contributed by atoms with Gasteiger partial charge in [-0.2, -0.15) is 0 Å². The largest absolute Gasteiger partial charge is 0.399 e. The molecule has 23 heavy (non-hydrogen) atoms. The lowest BCUT2D eigenvalue weighted by molar-refractivity contribution is -0.115. The summed E-state index contributed by atoms with van der Waals surface area (Å²) in [5.74, 6) is -0.0650. The van der Waals surface area contributed by atoms with Gasteiger partial charge in [-0.05, 0) is 48.9 Å². The molecule has 1 amide bonds. The number of thiazole rings is 1. The zero-order chi connectivity index (χ0) is 16.2. The van der Waals surface area contributed by atoms with Gasteiger partial charge >= 0.3 is 0 Å². The number of hydrogen-bond donors (Lipinski definition) is 2. The second-order valence-electron chi connectivity index (χ2n) is 5.36. The summed E-state index contributed by atoms with van der Waals surface area (Å²) in [6.07, 6.45) is 0.263. The van der Waals surface area contributed by atoms with Crippen LogP contribution in [0.25, 0.3) is 10.6 Å². The highest BCUT2D eigenvalue weighted by Crippen LogP contribution is 2.24. The Morgan fingerprint density at radius 1 is 1.22 bits per heavy atom. The van der Waals surface area contributed by atoms with E-state index in [2.05, 4.69) is 10.3 Å². The first kappa shape index (κ1) is 15.2. The third-order valence-electron chi connectivity index (χ3n) is 3.35. The van der Waals surface area contributed by atoms with E-state index in [9.17, 15) is 4.79 Å². The van der Waals surface area contributed by atoms with Crippen LogP contribution in [0.4, 0.5) is 11.4 Å². The molecule has 1 aromatic heterocycles. The van der Waals surface area contributed by atoms with Crippen LogP contribution in [0.15, 0.2) is 53.9 Å². The number of nitrogen functional groups attached to an aromatic ring is 1. The van der Waals surface area contributed by atoms with Gasteiger partial charge in [0, 0.05) is 22.3 Å². The average molecular weight is 323 g/mol. The maximum atomic E-state index is 12.1. The minimum atomic E-state index is -0.0650. The molecule has 0 unspecified atom stereocenters. The number of carbonyl (C=O) groups excluding carboxylic acids is 1. The zero-order valence-corrected chi connectivity index (χ0v) is 13.6. The highest BCUT2D eigenvalue weighted by Gasteiger charge is 2.09. The molecule has 0 spiro atoms. The average Bonchev–Trinajstić information content (AvgIpc) is 2.96. The number of carbonyl (C=O) groups is 1. The molecule has 0 aliphatic rings. The molecular weight excluding hydrogens is 306 g/mol. The van der Waals surface area contributed by atoms with E-state index in [1.165, 1.54) is 11.3 Å². The molecule has 4 nitrogen and oxygen atoms in total.